The SMILES string of the molecule is CCOC(=O)C1(CC)CCC2(CC1)OCCO2.O=C=O.OCC1(CO)CCC2(CC1)OCCO2.[AlH3].[H-].[Li+]. The van der Waals surface area contributed by atoms with Crippen molar-refractivity contribution < 1.29 is 68.6 Å². The molecule has 2 N–H and O–H groups in total. The third-order valence-electron chi connectivity index (χ3n) is 7.72. The van der Waals surface area contributed by atoms with Gasteiger partial charge in [-0.25, -0.2) is 0 Å². The average molecular weight is 527 g/mol. The summed E-state index contributed by atoms with van der Waals surface area (Å²) in [6, 6.07) is 0. The molecule has 0 aromatic rings. The van der Waals surface area contributed by atoms with Crippen molar-refractivity contribution in [2.24, 2.45) is 10.8 Å². The average Bonchev–Trinajstić information content (AvgIpc) is 3.52. The van der Waals surface area contributed by atoms with Gasteiger partial charge in [-0.3, -0.25) is 4.79 Å². The van der Waals surface area contributed by atoms with Crippen LogP contribution in [-0.4, -0.2) is 97.5 Å². The molecule has 2 saturated carbocycles. The van der Waals surface area contributed by atoms with Crippen LogP contribution in [0.4, 0.5) is 0 Å². The number of hydrogen-bond acceptors (Lipinski definition) is 10. The van der Waals surface area contributed by atoms with E-state index in [0.717, 1.165) is 57.8 Å². The summed E-state index contributed by atoms with van der Waals surface area (Å²) in [5.74, 6) is -0.839. The molecule has 2 aliphatic carbocycles. The van der Waals surface area contributed by atoms with Crippen LogP contribution in [0.15, 0.2) is 0 Å². The molecule has 204 valence electrons. The molecule has 4 fully saturated rings. The van der Waals surface area contributed by atoms with E-state index in [9.17, 15) is 15.0 Å². The summed E-state index contributed by atoms with van der Waals surface area (Å²) in [6.07, 6.45) is 7.44. The van der Waals surface area contributed by atoms with Gasteiger partial charge in [0.05, 0.1) is 51.7 Å². The van der Waals surface area contributed by atoms with Crippen LogP contribution in [0.5, 0.6) is 0 Å². The van der Waals surface area contributed by atoms with Crippen molar-refractivity contribution in [3.63, 3.8) is 0 Å². The van der Waals surface area contributed by atoms with E-state index in [1.165, 1.54) is 0 Å². The largest absolute Gasteiger partial charge is 1.00 e. The second-order valence-corrected chi connectivity index (χ2v) is 9.47. The van der Waals surface area contributed by atoms with Gasteiger partial charge >= 0.3 is 31.0 Å². The van der Waals surface area contributed by atoms with Gasteiger partial charge in [0.2, 0.25) is 0 Å². The Morgan fingerprint density at radius 2 is 1.17 bits per heavy atom. The van der Waals surface area contributed by atoms with Crippen LogP contribution in [0.1, 0.15) is 73.1 Å². The fourth-order valence-electron chi connectivity index (χ4n) is 5.19. The number of aliphatic hydroxyl groups excluding tert-OH is 2. The number of ether oxygens (including phenoxy) is 5. The normalized spacial score (nSPS) is 24.0. The first-order valence-corrected chi connectivity index (χ1v) is 12.3. The summed E-state index contributed by atoms with van der Waals surface area (Å²) in [7, 11) is 0. The quantitative estimate of drug-likeness (QED) is 0.302. The monoisotopic (exact) mass is 526 g/mol. The van der Waals surface area contributed by atoms with Gasteiger partial charge in [-0.1, -0.05) is 6.92 Å². The molecule has 2 saturated heterocycles. The van der Waals surface area contributed by atoms with Gasteiger partial charge in [0.25, 0.3) is 0 Å². The van der Waals surface area contributed by atoms with E-state index < -0.39 is 11.6 Å². The van der Waals surface area contributed by atoms with Gasteiger partial charge < -0.3 is 35.3 Å². The molecular weight excluding hydrogens is 482 g/mol. The van der Waals surface area contributed by atoms with E-state index in [0.29, 0.717) is 33.0 Å². The number of rotatable bonds is 5. The van der Waals surface area contributed by atoms with Gasteiger partial charge in [0.1, 0.15) is 0 Å². The second kappa shape index (κ2) is 16.6. The molecule has 2 heterocycles. The van der Waals surface area contributed by atoms with Crippen molar-refractivity contribution in [1.29, 1.82) is 0 Å². The summed E-state index contributed by atoms with van der Waals surface area (Å²) in [5, 5.41) is 18.5. The fraction of sp³-hybridized carbons (Fsp3) is 0.917. The Kier molecular flexibility index (Phi) is 16.5. The van der Waals surface area contributed by atoms with Gasteiger partial charge in [-0.2, -0.15) is 9.59 Å². The molecule has 2 spiro atoms. The standard InChI is InChI=1S/C13H22O4.C10H18O4.CO2.Al.Li.4H/c1-3-12(11(14)15-4-2)5-7-13(8-6-12)16-9-10-17-13;11-7-9(8-12)1-3-10(4-2-9)13-5-6-14-10;2-1-3;;;;;;/h3-10H2,1-2H3;11-12H,1-8H2;;;;;;;/q;;;;+1;;;;-1. The minimum absolute atomic E-state index is 0. The Balaban J connectivity index is 0. The van der Waals surface area contributed by atoms with Crippen molar-refractivity contribution in [3.8, 4) is 0 Å². The van der Waals surface area contributed by atoms with E-state index in [1.54, 1.807) is 0 Å². The summed E-state index contributed by atoms with van der Waals surface area (Å²) in [5.41, 5.74) is -0.614. The van der Waals surface area contributed by atoms with Gasteiger partial charge in [-0.15, -0.1) is 0 Å². The van der Waals surface area contributed by atoms with Crippen molar-refractivity contribution in [3.05, 3.63) is 0 Å². The third kappa shape index (κ3) is 8.90. The molecule has 0 amide bonds. The summed E-state index contributed by atoms with van der Waals surface area (Å²) >= 11 is 0. The second-order valence-electron chi connectivity index (χ2n) is 9.47. The topological polar surface area (TPSA) is 138 Å². The van der Waals surface area contributed by atoms with Gasteiger partial charge in [-0.05, 0) is 39.0 Å². The number of carbonyl (C=O) groups excluding carboxylic acids is 3. The van der Waals surface area contributed by atoms with Gasteiger partial charge in [0.15, 0.2) is 28.9 Å². The summed E-state index contributed by atoms with van der Waals surface area (Å²) < 4.78 is 27.7. The van der Waals surface area contributed by atoms with Crippen molar-refractivity contribution >= 4 is 29.5 Å². The van der Waals surface area contributed by atoms with E-state index in [4.69, 9.17) is 33.3 Å². The van der Waals surface area contributed by atoms with Crippen molar-refractivity contribution in [2.45, 2.75) is 83.2 Å². The Hall–Kier alpha value is -0.260. The molecule has 0 radical (unpaired) electrons. The molecule has 0 atom stereocenters. The Morgan fingerprint density at radius 1 is 0.806 bits per heavy atom. The number of esters is 1. The van der Waals surface area contributed by atoms with Crippen LogP contribution in [-0.2, 0) is 38.1 Å². The van der Waals surface area contributed by atoms with Crippen LogP contribution in [0.2, 0.25) is 0 Å². The van der Waals surface area contributed by atoms with E-state index in [2.05, 4.69) is 6.92 Å². The van der Waals surface area contributed by atoms with E-state index in [1.807, 2.05) is 6.92 Å². The maximum atomic E-state index is 12.1. The van der Waals surface area contributed by atoms with E-state index in [-0.39, 0.29) is 73.8 Å². The molecule has 0 bridgehead atoms. The number of carbonyl (C=O) groups is 1. The summed E-state index contributed by atoms with van der Waals surface area (Å²) in [6.45, 7) is 7.19. The Morgan fingerprint density at radius 3 is 1.47 bits per heavy atom. The zero-order chi connectivity index (χ0) is 25.1. The molecule has 36 heavy (non-hydrogen) atoms. The number of hydrogen-bond donors (Lipinski definition) is 2. The predicted octanol–water partition coefficient (Wildman–Crippen LogP) is -2.11. The molecule has 0 aromatic carbocycles. The van der Waals surface area contributed by atoms with Crippen LogP contribution in [0.25, 0.3) is 0 Å². The minimum Gasteiger partial charge on any atom is -1.00 e. The molecule has 12 heteroatoms. The Labute approximate surface area is 237 Å². The molecule has 0 unspecified atom stereocenters. The zero-order valence-corrected chi connectivity index (χ0v) is 21.5. The fourth-order valence-corrected chi connectivity index (χ4v) is 5.19. The third-order valence-corrected chi connectivity index (χ3v) is 7.72. The first kappa shape index (κ1) is 35.7. The van der Waals surface area contributed by atoms with Gasteiger partial charge in [0, 0.05) is 31.1 Å². The van der Waals surface area contributed by atoms with Crippen molar-refractivity contribution in [1.82, 2.24) is 0 Å². The maximum Gasteiger partial charge on any atom is 1.00 e. The molecule has 10 nitrogen and oxygen atoms in total. The minimum atomic E-state index is -0.398. The van der Waals surface area contributed by atoms with E-state index >= 15 is 0 Å². The first-order chi connectivity index (χ1) is 16.3. The Bertz CT molecular complexity index is 648. The first-order valence-electron chi connectivity index (χ1n) is 12.3. The van der Waals surface area contributed by atoms with Crippen LogP contribution < -0.4 is 18.9 Å². The number of aliphatic hydroxyl groups is 2. The van der Waals surface area contributed by atoms with Crippen LogP contribution in [0, 0.1) is 10.8 Å². The predicted molar refractivity (Wildman–Crippen MR) is 128 cm³/mol. The van der Waals surface area contributed by atoms with Crippen molar-refractivity contribution in [2.75, 3.05) is 46.2 Å². The van der Waals surface area contributed by atoms with Crippen LogP contribution in [0.3, 0.4) is 0 Å². The maximum absolute atomic E-state index is 12.1. The molecule has 4 aliphatic rings. The molecule has 0 aromatic heterocycles. The van der Waals surface area contributed by atoms with Crippen LogP contribution >= 0.6 is 0 Å². The summed E-state index contributed by atoms with van der Waals surface area (Å²) in [4.78, 5) is 28.3. The molecule has 4 rings (SSSR count). The zero-order valence-electron chi connectivity index (χ0n) is 22.5. The smallest absolute Gasteiger partial charge is 1.00 e. The molecule has 2 aliphatic heterocycles. The molecular formula is C24H44AlLiO10.